The van der Waals surface area contributed by atoms with Crippen molar-refractivity contribution in [3.63, 3.8) is 0 Å². The van der Waals surface area contributed by atoms with Crippen LogP contribution in [0.15, 0.2) is 12.3 Å². The van der Waals surface area contributed by atoms with Crippen LogP contribution >= 0.6 is 0 Å². The summed E-state index contributed by atoms with van der Waals surface area (Å²) >= 11 is 0. The maximum absolute atomic E-state index is 11.2. The largest absolute Gasteiger partial charge is 0.397 e. The van der Waals surface area contributed by atoms with Gasteiger partial charge in [0.15, 0.2) is 0 Å². The molecular weight excluding hydrogens is 236 g/mol. The Hall–Kier alpha value is -1.61. The molecule has 6 heteroatoms. The molecule has 1 aliphatic heterocycles. The molecule has 1 aromatic heterocycles. The Kier molecular flexibility index (Phi) is 3.59. The van der Waals surface area contributed by atoms with E-state index in [4.69, 9.17) is 11.0 Å². The quantitative estimate of drug-likeness (QED) is 0.812. The standard InChI is InChI=1S/C11H14N4OS/c12-6-8-5-9(13)7-14-11(8)15-10-1-3-17(16)4-2-10/h5,7,10H,1-4,13H2,(H,14,15). The molecule has 1 aliphatic rings. The SMILES string of the molecule is N#Cc1cc(N)cnc1NC1CCS(=O)CC1. The summed E-state index contributed by atoms with van der Waals surface area (Å²) in [4.78, 5) is 4.13. The van der Waals surface area contributed by atoms with Gasteiger partial charge in [-0.15, -0.1) is 0 Å². The van der Waals surface area contributed by atoms with Crippen LogP contribution in [0.4, 0.5) is 11.5 Å². The van der Waals surface area contributed by atoms with Crippen LogP contribution in [0.2, 0.25) is 0 Å². The van der Waals surface area contributed by atoms with Gasteiger partial charge in [0.05, 0.1) is 17.4 Å². The smallest absolute Gasteiger partial charge is 0.144 e. The van der Waals surface area contributed by atoms with Gasteiger partial charge in [-0.1, -0.05) is 0 Å². The number of anilines is 2. The molecule has 0 aromatic carbocycles. The van der Waals surface area contributed by atoms with E-state index in [1.54, 1.807) is 6.07 Å². The minimum Gasteiger partial charge on any atom is -0.397 e. The lowest BCUT2D eigenvalue weighted by molar-refractivity contribution is 0.622. The van der Waals surface area contributed by atoms with Gasteiger partial charge in [-0.25, -0.2) is 4.98 Å². The summed E-state index contributed by atoms with van der Waals surface area (Å²) in [6.07, 6.45) is 3.23. The number of hydrogen-bond acceptors (Lipinski definition) is 5. The fraction of sp³-hybridized carbons (Fsp3) is 0.455. The van der Waals surface area contributed by atoms with Crippen molar-refractivity contribution in [2.24, 2.45) is 0 Å². The molecule has 0 radical (unpaired) electrons. The Balaban J connectivity index is 2.08. The van der Waals surface area contributed by atoms with Crippen molar-refractivity contribution in [1.29, 1.82) is 5.26 Å². The van der Waals surface area contributed by atoms with Crippen molar-refractivity contribution in [2.45, 2.75) is 18.9 Å². The van der Waals surface area contributed by atoms with Crippen LogP contribution in [0.3, 0.4) is 0 Å². The number of nitrogens with two attached hydrogens (primary N) is 1. The Morgan fingerprint density at radius 2 is 2.24 bits per heavy atom. The Morgan fingerprint density at radius 3 is 2.88 bits per heavy atom. The first kappa shape index (κ1) is 11.9. The molecule has 2 heterocycles. The fourth-order valence-corrected chi connectivity index (χ4v) is 3.11. The summed E-state index contributed by atoms with van der Waals surface area (Å²) < 4.78 is 11.2. The summed E-state index contributed by atoms with van der Waals surface area (Å²) in [7, 11) is -0.675. The molecule has 90 valence electrons. The Morgan fingerprint density at radius 1 is 1.53 bits per heavy atom. The van der Waals surface area contributed by atoms with Crippen LogP contribution in [-0.4, -0.2) is 26.7 Å². The van der Waals surface area contributed by atoms with E-state index in [1.807, 2.05) is 0 Å². The molecule has 0 atom stereocenters. The van der Waals surface area contributed by atoms with Crippen LogP contribution in [0, 0.1) is 11.3 Å². The predicted octanol–water partition coefficient (Wildman–Crippen LogP) is 0.858. The third kappa shape index (κ3) is 2.94. The second-order valence-corrected chi connectivity index (χ2v) is 5.74. The molecule has 3 N–H and O–H groups in total. The predicted molar refractivity (Wildman–Crippen MR) is 67.9 cm³/mol. The molecule has 1 fully saturated rings. The molecule has 0 bridgehead atoms. The van der Waals surface area contributed by atoms with Crippen LogP contribution < -0.4 is 11.1 Å². The van der Waals surface area contributed by atoms with Crippen LogP contribution in [0.1, 0.15) is 18.4 Å². The van der Waals surface area contributed by atoms with Gasteiger partial charge in [0.2, 0.25) is 0 Å². The van der Waals surface area contributed by atoms with Gasteiger partial charge < -0.3 is 11.1 Å². The highest BCUT2D eigenvalue weighted by atomic mass is 32.2. The van der Waals surface area contributed by atoms with Gasteiger partial charge in [0, 0.05) is 28.3 Å². The van der Waals surface area contributed by atoms with Gasteiger partial charge in [-0.05, 0) is 18.9 Å². The third-order valence-electron chi connectivity index (χ3n) is 2.76. The number of nitrogen functional groups attached to an aromatic ring is 1. The van der Waals surface area contributed by atoms with Gasteiger partial charge >= 0.3 is 0 Å². The van der Waals surface area contributed by atoms with Crippen molar-refractivity contribution >= 4 is 22.3 Å². The van der Waals surface area contributed by atoms with Gasteiger partial charge in [0.1, 0.15) is 11.9 Å². The fourth-order valence-electron chi connectivity index (χ4n) is 1.81. The van der Waals surface area contributed by atoms with Crippen molar-refractivity contribution in [1.82, 2.24) is 4.98 Å². The van der Waals surface area contributed by atoms with E-state index >= 15 is 0 Å². The summed E-state index contributed by atoms with van der Waals surface area (Å²) in [6.45, 7) is 0. The lowest BCUT2D eigenvalue weighted by Gasteiger charge is -2.23. The Labute approximate surface area is 102 Å². The van der Waals surface area contributed by atoms with Crippen molar-refractivity contribution in [2.75, 3.05) is 22.6 Å². The zero-order chi connectivity index (χ0) is 12.3. The van der Waals surface area contributed by atoms with E-state index < -0.39 is 10.8 Å². The maximum atomic E-state index is 11.2. The average Bonchev–Trinajstić information content (AvgIpc) is 2.34. The number of aromatic nitrogens is 1. The second kappa shape index (κ2) is 5.15. The molecule has 1 aromatic rings. The van der Waals surface area contributed by atoms with Gasteiger partial charge in [-0.3, -0.25) is 4.21 Å². The molecule has 0 saturated carbocycles. The molecule has 17 heavy (non-hydrogen) atoms. The highest BCUT2D eigenvalue weighted by molar-refractivity contribution is 7.85. The van der Waals surface area contributed by atoms with E-state index in [9.17, 15) is 4.21 Å². The summed E-state index contributed by atoms with van der Waals surface area (Å²) in [5, 5.41) is 12.2. The molecule has 0 spiro atoms. The summed E-state index contributed by atoms with van der Waals surface area (Å²) in [6, 6.07) is 3.92. The number of nitriles is 1. The monoisotopic (exact) mass is 250 g/mol. The van der Waals surface area contributed by atoms with Gasteiger partial charge in [-0.2, -0.15) is 5.26 Å². The van der Waals surface area contributed by atoms with Crippen molar-refractivity contribution < 1.29 is 4.21 Å². The minimum absolute atomic E-state index is 0.246. The first-order valence-corrected chi connectivity index (χ1v) is 6.95. The van der Waals surface area contributed by atoms with Crippen LogP contribution in [0.25, 0.3) is 0 Å². The number of pyridine rings is 1. The second-order valence-electron chi connectivity index (χ2n) is 4.04. The molecular formula is C11H14N4OS. The van der Waals surface area contributed by atoms with E-state index in [1.165, 1.54) is 6.20 Å². The topological polar surface area (TPSA) is 91.8 Å². The molecule has 2 rings (SSSR count). The number of nitrogens with zero attached hydrogens (tertiary/aromatic N) is 2. The first-order chi connectivity index (χ1) is 8.19. The molecule has 1 saturated heterocycles. The van der Waals surface area contributed by atoms with Crippen molar-refractivity contribution in [3.05, 3.63) is 17.8 Å². The first-order valence-electron chi connectivity index (χ1n) is 5.46. The zero-order valence-electron chi connectivity index (χ0n) is 9.35. The highest BCUT2D eigenvalue weighted by Gasteiger charge is 2.19. The highest BCUT2D eigenvalue weighted by Crippen LogP contribution is 2.19. The van der Waals surface area contributed by atoms with E-state index in [0.29, 0.717) is 28.6 Å². The third-order valence-corrected chi connectivity index (χ3v) is 4.14. The molecule has 0 amide bonds. The van der Waals surface area contributed by atoms with Crippen molar-refractivity contribution in [3.8, 4) is 6.07 Å². The minimum atomic E-state index is -0.675. The van der Waals surface area contributed by atoms with Gasteiger partial charge in [0.25, 0.3) is 0 Å². The zero-order valence-corrected chi connectivity index (χ0v) is 10.2. The number of rotatable bonds is 2. The molecule has 0 aliphatic carbocycles. The molecule has 0 unspecified atom stereocenters. The lowest BCUT2D eigenvalue weighted by Crippen LogP contribution is -2.30. The number of nitrogens with one attached hydrogen (secondary N) is 1. The Bertz CT molecular complexity index is 473. The normalized spacial score (nSPS) is 23.9. The number of hydrogen-bond donors (Lipinski definition) is 2. The summed E-state index contributed by atoms with van der Waals surface area (Å²) in [5.74, 6) is 2.00. The van der Waals surface area contributed by atoms with E-state index in [0.717, 1.165) is 12.8 Å². The lowest BCUT2D eigenvalue weighted by atomic mass is 10.1. The van der Waals surface area contributed by atoms with Crippen LogP contribution in [0.5, 0.6) is 0 Å². The molecule has 5 nitrogen and oxygen atoms in total. The average molecular weight is 250 g/mol. The van der Waals surface area contributed by atoms with Crippen LogP contribution in [-0.2, 0) is 10.8 Å². The maximum Gasteiger partial charge on any atom is 0.144 e. The summed E-state index contributed by atoms with van der Waals surface area (Å²) in [5.41, 5.74) is 6.51. The van der Waals surface area contributed by atoms with E-state index in [2.05, 4.69) is 16.4 Å². The van der Waals surface area contributed by atoms with E-state index in [-0.39, 0.29) is 6.04 Å².